The van der Waals surface area contributed by atoms with E-state index >= 15 is 0 Å². The average molecular weight is 346 g/mol. The Kier molecular flexibility index (Phi) is 3.61. The molecule has 1 nitrogen and oxygen atoms in total. The predicted molar refractivity (Wildman–Crippen MR) is 59.8 cm³/mol. The second-order valence-electron chi connectivity index (χ2n) is 2.03. The first-order valence-corrected chi connectivity index (χ1v) is 5.24. The predicted octanol–water partition coefficient (Wildman–Crippen LogP) is 3.17. The maximum absolute atomic E-state index is 5.86. The maximum Gasteiger partial charge on any atom is 0.0552 e. The van der Waals surface area contributed by atoms with Crippen LogP contribution < -0.4 is 5.73 Å². The van der Waals surface area contributed by atoms with Crippen LogP contribution in [-0.2, 0) is 6.54 Å². The highest BCUT2D eigenvalue weighted by molar-refractivity contribution is 14.1. The van der Waals surface area contributed by atoms with Crippen LogP contribution in [0.4, 0.5) is 0 Å². The molecule has 0 unspecified atom stereocenters. The molecule has 0 aliphatic heterocycles. The van der Waals surface area contributed by atoms with Crippen molar-refractivity contribution in [3.05, 3.63) is 30.8 Å². The summed E-state index contributed by atoms with van der Waals surface area (Å²) < 4.78 is 2.05. The SMILES string of the molecule is NCc1c(I)ccc(Cl)c1Br. The van der Waals surface area contributed by atoms with Crippen molar-refractivity contribution in [3.8, 4) is 0 Å². The fraction of sp³-hybridized carbons (Fsp3) is 0.143. The highest BCUT2D eigenvalue weighted by Gasteiger charge is 2.05. The summed E-state index contributed by atoms with van der Waals surface area (Å²) >= 11 is 11.5. The van der Waals surface area contributed by atoms with Gasteiger partial charge in [0.2, 0.25) is 0 Å². The lowest BCUT2D eigenvalue weighted by molar-refractivity contribution is 1.05. The molecule has 0 radical (unpaired) electrons. The Hall–Kier alpha value is 0.680. The summed E-state index contributed by atoms with van der Waals surface area (Å²) in [4.78, 5) is 0. The molecule has 1 aromatic carbocycles. The summed E-state index contributed by atoms with van der Waals surface area (Å²) in [5.74, 6) is 0. The van der Waals surface area contributed by atoms with Gasteiger partial charge in [0.05, 0.1) is 5.02 Å². The largest absolute Gasteiger partial charge is 0.326 e. The van der Waals surface area contributed by atoms with Gasteiger partial charge in [0.15, 0.2) is 0 Å². The van der Waals surface area contributed by atoms with Crippen molar-refractivity contribution in [2.75, 3.05) is 0 Å². The Morgan fingerprint density at radius 1 is 1.55 bits per heavy atom. The van der Waals surface area contributed by atoms with Crippen LogP contribution in [-0.4, -0.2) is 0 Å². The first-order chi connectivity index (χ1) is 5.16. The molecule has 0 aliphatic carbocycles. The van der Waals surface area contributed by atoms with Crippen LogP contribution in [0.1, 0.15) is 5.56 Å². The Morgan fingerprint density at radius 2 is 2.18 bits per heavy atom. The summed E-state index contributed by atoms with van der Waals surface area (Å²) in [5.41, 5.74) is 6.59. The Balaban J connectivity index is 3.29. The molecule has 0 aromatic heterocycles. The van der Waals surface area contributed by atoms with Crippen LogP contribution in [0, 0.1) is 3.57 Å². The Bertz CT molecular complexity index is 277. The van der Waals surface area contributed by atoms with Gasteiger partial charge < -0.3 is 5.73 Å². The van der Waals surface area contributed by atoms with Crippen LogP contribution in [0.2, 0.25) is 5.02 Å². The van der Waals surface area contributed by atoms with E-state index in [1.165, 1.54) is 0 Å². The van der Waals surface area contributed by atoms with Gasteiger partial charge in [-0.25, -0.2) is 0 Å². The fourth-order valence-electron chi connectivity index (χ4n) is 0.756. The Labute approximate surface area is 92.6 Å². The summed E-state index contributed by atoms with van der Waals surface area (Å²) in [6, 6.07) is 3.81. The maximum atomic E-state index is 5.86. The van der Waals surface area contributed by atoms with E-state index in [0.29, 0.717) is 11.6 Å². The molecule has 0 saturated carbocycles. The lowest BCUT2D eigenvalue weighted by Crippen LogP contribution is -2.00. The van der Waals surface area contributed by atoms with E-state index in [2.05, 4.69) is 38.5 Å². The number of nitrogens with two attached hydrogens (primary N) is 1. The molecule has 0 atom stereocenters. The number of hydrogen-bond donors (Lipinski definition) is 1. The van der Waals surface area contributed by atoms with Gasteiger partial charge in [-0.05, 0) is 56.2 Å². The summed E-state index contributed by atoms with van der Waals surface area (Å²) in [5, 5.41) is 0.714. The first kappa shape index (κ1) is 9.77. The molecular formula is C7H6BrClIN. The zero-order valence-corrected chi connectivity index (χ0v) is 10.1. The van der Waals surface area contributed by atoms with Crippen molar-refractivity contribution in [2.24, 2.45) is 5.73 Å². The molecular weight excluding hydrogens is 340 g/mol. The standard InChI is InChI=1S/C7H6BrClIN/c8-7-4(3-11)6(10)2-1-5(7)9/h1-2H,3,11H2. The third-order valence-corrected chi connectivity index (χ3v) is 3.80. The minimum atomic E-state index is 0.513. The Morgan fingerprint density at radius 3 is 2.64 bits per heavy atom. The van der Waals surface area contributed by atoms with E-state index in [1.807, 2.05) is 12.1 Å². The average Bonchev–Trinajstić information content (AvgIpc) is 1.99. The molecule has 1 rings (SSSR count). The van der Waals surface area contributed by atoms with Crippen LogP contribution in [0.25, 0.3) is 0 Å². The van der Waals surface area contributed by atoms with E-state index in [9.17, 15) is 0 Å². The topological polar surface area (TPSA) is 26.0 Å². The zero-order valence-electron chi connectivity index (χ0n) is 5.57. The molecule has 11 heavy (non-hydrogen) atoms. The fourth-order valence-corrected chi connectivity index (χ4v) is 2.48. The van der Waals surface area contributed by atoms with Gasteiger partial charge in [-0.2, -0.15) is 0 Å². The van der Waals surface area contributed by atoms with Crippen molar-refractivity contribution in [1.29, 1.82) is 0 Å². The van der Waals surface area contributed by atoms with Gasteiger partial charge in [-0.3, -0.25) is 0 Å². The number of halogens is 3. The minimum absolute atomic E-state index is 0.513. The summed E-state index contributed by atoms with van der Waals surface area (Å²) in [6.07, 6.45) is 0. The molecule has 0 aliphatic rings. The van der Waals surface area contributed by atoms with Crippen molar-refractivity contribution in [1.82, 2.24) is 0 Å². The van der Waals surface area contributed by atoms with E-state index in [1.54, 1.807) is 0 Å². The van der Waals surface area contributed by atoms with Crippen LogP contribution in [0.3, 0.4) is 0 Å². The molecule has 0 fully saturated rings. The van der Waals surface area contributed by atoms with E-state index in [0.717, 1.165) is 13.6 Å². The van der Waals surface area contributed by atoms with Crippen LogP contribution in [0.5, 0.6) is 0 Å². The lowest BCUT2D eigenvalue weighted by Gasteiger charge is -2.05. The van der Waals surface area contributed by atoms with Gasteiger partial charge >= 0.3 is 0 Å². The van der Waals surface area contributed by atoms with Gasteiger partial charge in [0.25, 0.3) is 0 Å². The third kappa shape index (κ3) is 2.08. The van der Waals surface area contributed by atoms with E-state index in [-0.39, 0.29) is 0 Å². The van der Waals surface area contributed by atoms with E-state index in [4.69, 9.17) is 17.3 Å². The number of benzene rings is 1. The number of hydrogen-bond acceptors (Lipinski definition) is 1. The van der Waals surface area contributed by atoms with Crippen molar-refractivity contribution < 1.29 is 0 Å². The second kappa shape index (κ2) is 4.07. The normalized spacial score (nSPS) is 10.2. The van der Waals surface area contributed by atoms with Crippen LogP contribution >= 0.6 is 50.1 Å². The van der Waals surface area contributed by atoms with Crippen molar-refractivity contribution >= 4 is 50.1 Å². The van der Waals surface area contributed by atoms with Gasteiger partial charge in [-0.1, -0.05) is 11.6 Å². The minimum Gasteiger partial charge on any atom is -0.326 e. The molecule has 0 heterocycles. The third-order valence-electron chi connectivity index (χ3n) is 1.34. The lowest BCUT2D eigenvalue weighted by atomic mass is 10.2. The quantitative estimate of drug-likeness (QED) is 0.613. The monoisotopic (exact) mass is 345 g/mol. The van der Waals surface area contributed by atoms with Gasteiger partial charge in [-0.15, -0.1) is 0 Å². The molecule has 60 valence electrons. The molecule has 2 N–H and O–H groups in total. The molecule has 0 amide bonds. The zero-order chi connectivity index (χ0) is 8.43. The summed E-state index contributed by atoms with van der Waals surface area (Å²) in [7, 11) is 0. The van der Waals surface area contributed by atoms with E-state index < -0.39 is 0 Å². The highest BCUT2D eigenvalue weighted by atomic mass is 127. The second-order valence-corrected chi connectivity index (χ2v) is 4.39. The molecule has 4 heteroatoms. The number of rotatable bonds is 1. The smallest absolute Gasteiger partial charge is 0.0552 e. The van der Waals surface area contributed by atoms with Crippen molar-refractivity contribution in [3.63, 3.8) is 0 Å². The molecule has 1 aromatic rings. The molecule has 0 spiro atoms. The molecule has 0 bridgehead atoms. The first-order valence-electron chi connectivity index (χ1n) is 2.99. The van der Waals surface area contributed by atoms with Crippen molar-refractivity contribution in [2.45, 2.75) is 6.54 Å². The van der Waals surface area contributed by atoms with Crippen LogP contribution in [0.15, 0.2) is 16.6 Å². The molecule has 0 saturated heterocycles. The van der Waals surface area contributed by atoms with Gasteiger partial charge in [0, 0.05) is 14.6 Å². The summed E-state index contributed by atoms with van der Waals surface area (Å²) in [6.45, 7) is 0.513. The van der Waals surface area contributed by atoms with Gasteiger partial charge in [0.1, 0.15) is 0 Å². The highest BCUT2D eigenvalue weighted by Crippen LogP contribution is 2.29.